The summed E-state index contributed by atoms with van der Waals surface area (Å²) in [6.45, 7) is 16.2. The number of rotatable bonds is 9. The van der Waals surface area contributed by atoms with Gasteiger partial charge in [-0.2, -0.15) is 0 Å². The van der Waals surface area contributed by atoms with Crippen molar-refractivity contribution < 1.29 is 17.6 Å². The number of fused-ring (bicyclic) bond motifs is 1. The number of aryl methyl sites for hydroxylation is 2. The van der Waals surface area contributed by atoms with Crippen LogP contribution < -0.4 is 0 Å². The Bertz CT molecular complexity index is 1380. The zero-order chi connectivity index (χ0) is 29.4. The Morgan fingerprint density at radius 3 is 2.26 bits per heavy atom. The van der Waals surface area contributed by atoms with Gasteiger partial charge in [0.2, 0.25) is 0 Å². The summed E-state index contributed by atoms with van der Waals surface area (Å²) in [5.74, 6) is -2.90. The van der Waals surface area contributed by atoms with E-state index in [4.69, 9.17) is 11.6 Å². The molecular weight excluding hydrogens is 524 g/mol. The molecule has 2 nitrogen and oxygen atoms in total. The minimum absolute atomic E-state index is 0.0565. The molecule has 1 heterocycles. The third kappa shape index (κ3) is 7.84. The molecule has 2 aromatic carbocycles. The third-order valence-electron chi connectivity index (χ3n) is 6.64. The van der Waals surface area contributed by atoms with E-state index in [-0.39, 0.29) is 22.0 Å². The van der Waals surface area contributed by atoms with E-state index >= 15 is 0 Å². The van der Waals surface area contributed by atoms with E-state index in [1.165, 1.54) is 13.0 Å². The van der Waals surface area contributed by atoms with Gasteiger partial charge >= 0.3 is 0 Å². The number of unbranched alkanes of at least 4 members (excludes halogenated alkanes) is 1. The second-order valence-corrected chi connectivity index (χ2v) is 10.4. The number of benzene rings is 2. The topological polar surface area (TPSA) is 28.1 Å². The molecule has 212 valence electrons. The Balaban J connectivity index is 0.000000349. The van der Waals surface area contributed by atoms with Gasteiger partial charge in [-0.15, -0.1) is 0 Å². The molecule has 3 rings (SSSR count). The molecule has 7 heteroatoms. The Kier molecular flexibility index (Phi) is 12.0. The maximum atomic E-state index is 14.7. The summed E-state index contributed by atoms with van der Waals surface area (Å²) in [5.41, 5.74) is 4.46. The summed E-state index contributed by atoms with van der Waals surface area (Å²) in [7, 11) is 0. The predicted molar refractivity (Wildman–Crippen MR) is 157 cm³/mol. The molecule has 3 aromatic rings. The van der Waals surface area contributed by atoms with Crippen LogP contribution in [-0.4, -0.2) is 10.7 Å². The molecule has 0 spiro atoms. The molecule has 0 aliphatic carbocycles. The summed E-state index contributed by atoms with van der Waals surface area (Å²) < 4.78 is 56.4. The average Bonchev–Trinajstić information content (AvgIpc) is 3.27. The molecule has 39 heavy (non-hydrogen) atoms. The van der Waals surface area contributed by atoms with E-state index in [1.54, 1.807) is 39.0 Å². The first-order chi connectivity index (χ1) is 18.3. The number of halogens is 5. The van der Waals surface area contributed by atoms with Crippen molar-refractivity contribution in [1.82, 2.24) is 4.98 Å². The molecule has 0 amide bonds. The number of nitrogens with zero attached hydrogens (tertiary/aromatic N) is 1. The molecule has 0 saturated carbocycles. The number of nitrogens with one attached hydrogen (secondary N) is 1. The molecule has 1 unspecified atom stereocenters. The van der Waals surface area contributed by atoms with Gasteiger partial charge in [0, 0.05) is 28.2 Å². The highest BCUT2D eigenvalue weighted by Gasteiger charge is 2.24. The SMILES string of the molecule is C=C(C)/C(F)=C(/C)N=C(C)CCC.CCCCc1c(C(C)c2ccc(C)c(F)c2F)[nH]c2ccc(Cl)c(F)c12. The summed E-state index contributed by atoms with van der Waals surface area (Å²) in [6, 6.07) is 6.38. The van der Waals surface area contributed by atoms with E-state index in [9.17, 15) is 17.6 Å². The first kappa shape index (κ1) is 32.4. The van der Waals surface area contributed by atoms with Gasteiger partial charge in [0.25, 0.3) is 0 Å². The van der Waals surface area contributed by atoms with E-state index in [0.29, 0.717) is 34.3 Å². The van der Waals surface area contributed by atoms with E-state index in [1.807, 2.05) is 6.92 Å². The number of allylic oxidation sites excluding steroid dienone is 3. The molecule has 0 radical (unpaired) electrons. The summed E-state index contributed by atoms with van der Waals surface area (Å²) in [5, 5.41) is 0.502. The first-order valence-corrected chi connectivity index (χ1v) is 13.7. The zero-order valence-corrected chi connectivity index (χ0v) is 24.7. The second kappa shape index (κ2) is 14.5. The smallest absolute Gasteiger partial charge is 0.162 e. The molecule has 0 saturated heterocycles. The van der Waals surface area contributed by atoms with Crippen LogP contribution in [0.15, 0.2) is 52.9 Å². The van der Waals surface area contributed by atoms with Crippen molar-refractivity contribution in [2.24, 2.45) is 4.99 Å². The summed E-state index contributed by atoms with van der Waals surface area (Å²) in [6.07, 6.45) is 4.40. The van der Waals surface area contributed by atoms with Crippen LogP contribution in [0.3, 0.4) is 0 Å². The lowest BCUT2D eigenvalue weighted by molar-refractivity contribution is 0.490. The molecule has 1 aromatic heterocycles. The maximum Gasteiger partial charge on any atom is 0.162 e. The maximum absolute atomic E-state index is 14.7. The molecule has 0 fully saturated rings. The van der Waals surface area contributed by atoms with Gasteiger partial charge in [0.1, 0.15) is 5.83 Å². The van der Waals surface area contributed by atoms with Crippen molar-refractivity contribution in [1.29, 1.82) is 0 Å². The molecule has 0 aliphatic heterocycles. The normalized spacial score (nSPS) is 13.2. The van der Waals surface area contributed by atoms with Crippen LogP contribution in [0.5, 0.6) is 0 Å². The van der Waals surface area contributed by atoms with Crippen LogP contribution in [0.4, 0.5) is 17.6 Å². The molecular formula is C32H39ClF4N2. The highest BCUT2D eigenvalue weighted by Crippen LogP contribution is 2.37. The Hall–Kier alpha value is -2.86. The van der Waals surface area contributed by atoms with Crippen LogP contribution in [-0.2, 0) is 6.42 Å². The van der Waals surface area contributed by atoms with Crippen LogP contribution in [0.2, 0.25) is 5.02 Å². The van der Waals surface area contributed by atoms with E-state index in [0.717, 1.165) is 37.0 Å². The monoisotopic (exact) mass is 562 g/mol. The Morgan fingerprint density at radius 2 is 1.67 bits per heavy atom. The van der Waals surface area contributed by atoms with Crippen molar-refractivity contribution in [2.75, 3.05) is 0 Å². The van der Waals surface area contributed by atoms with Crippen molar-refractivity contribution in [2.45, 2.75) is 86.5 Å². The van der Waals surface area contributed by atoms with Crippen LogP contribution in [0.1, 0.15) is 95.5 Å². The largest absolute Gasteiger partial charge is 0.358 e. The van der Waals surface area contributed by atoms with E-state index in [2.05, 4.69) is 30.4 Å². The molecule has 1 N–H and O–H groups in total. The lowest BCUT2D eigenvalue weighted by Gasteiger charge is -2.15. The van der Waals surface area contributed by atoms with Crippen molar-refractivity contribution >= 4 is 28.2 Å². The highest BCUT2D eigenvalue weighted by atomic mass is 35.5. The van der Waals surface area contributed by atoms with Crippen molar-refractivity contribution in [3.63, 3.8) is 0 Å². The fraction of sp³-hybridized carbons (Fsp3) is 0.406. The van der Waals surface area contributed by atoms with Gasteiger partial charge in [0.05, 0.1) is 10.7 Å². The Labute approximate surface area is 234 Å². The number of H-pyrrole nitrogens is 1. The lowest BCUT2D eigenvalue weighted by Crippen LogP contribution is -2.06. The quantitative estimate of drug-likeness (QED) is 0.153. The summed E-state index contributed by atoms with van der Waals surface area (Å²) in [4.78, 5) is 7.36. The Morgan fingerprint density at radius 1 is 1.00 bits per heavy atom. The number of aromatic nitrogens is 1. The standard InChI is InChI=1S/C21H21ClF3N.C11H18FN/c1-4-5-6-14-17-16(10-9-15(22)20(17)25)26-21(14)12(3)13-8-7-11(2)18(23)19(13)24;1-6-7-9(4)13-10(5)11(12)8(2)3/h7-10,12,26H,4-6H2,1-3H3;2,6-7H2,1,3-5H3/b;11-10+,13-9?. The van der Waals surface area contributed by atoms with E-state index < -0.39 is 23.4 Å². The van der Waals surface area contributed by atoms with Gasteiger partial charge in [-0.3, -0.25) is 4.99 Å². The van der Waals surface area contributed by atoms with Crippen molar-refractivity contribution in [3.8, 4) is 0 Å². The van der Waals surface area contributed by atoms with Gasteiger partial charge in [-0.25, -0.2) is 17.6 Å². The average molecular weight is 563 g/mol. The first-order valence-electron chi connectivity index (χ1n) is 13.3. The second-order valence-electron chi connectivity index (χ2n) is 10.0. The fourth-order valence-corrected chi connectivity index (χ4v) is 4.66. The van der Waals surface area contributed by atoms with Gasteiger partial charge in [-0.05, 0) is 81.4 Å². The van der Waals surface area contributed by atoms with Gasteiger partial charge in [0.15, 0.2) is 17.5 Å². The number of aliphatic imine (C=N–C) groups is 1. The molecule has 1 atom stereocenters. The zero-order valence-electron chi connectivity index (χ0n) is 24.0. The van der Waals surface area contributed by atoms with Crippen LogP contribution in [0, 0.1) is 24.4 Å². The number of aromatic amines is 1. The molecule has 0 aliphatic rings. The van der Waals surface area contributed by atoms with Crippen LogP contribution in [0.25, 0.3) is 10.9 Å². The van der Waals surface area contributed by atoms with Crippen LogP contribution >= 0.6 is 11.6 Å². The number of hydrogen-bond acceptors (Lipinski definition) is 1. The lowest BCUT2D eigenvalue weighted by atomic mass is 9.91. The minimum atomic E-state index is -0.851. The minimum Gasteiger partial charge on any atom is -0.358 e. The van der Waals surface area contributed by atoms with Crippen molar-refractivity contribution in [3.05, 3.63) is 92.8 Å². The third-order valence-corrected chi connectivity index (χ3v) is 6.93. The van der Waals surface area contributed by atoms with Gasteiger partial charge in [-0.1, -0.05) is 63.9 Å². The summed E-state index contributed by atoms with van der Waals surface area (Å²) >= 11 is 5.96. The predicted octanol–water partition coefficient (Wildman–Crippen LogP) is 11.1. The highest BCUT2D eigenvalue weighted by molar-refractivity contribution is 6.31. The fourth-order valence-electron chi connectivity index (χ4n) is 4.50. The molecule has 0 bridgehead atoms. The van der Waals surface area contributed by atoms with Gasteiger partial charge < -0.3 is 4.98 Å². The number of hydrogen-bond donors (Lipinski definition) is 1.